The van der Waals surface area contributed by atoms with Gasteiger partial charge in [-0.2, -0.15) is 0 Å². The Bertz CT molecular complexity index is 120. The summed E-state index contributed by atoms with van der Waals surface area (Å²) in [5.74, 6) is -0.193. The summed E-state index contributed by atoms with van der Waals surface area (Å²) in [5.41, 5.74) is 0. The molecule has 92 valence electrons. The quantitative estimate of drug-likeness (QED) is 0.486. The highest BCUT2D eigenvalue weighted by Gasteiger charge is 1.85. The maximum Gasteiger partial charge on any atom is 0.302 e. The molecule has 0 aliphatic heterocycles. The van der Waals surface area contributed by atoms with E-state index in [1.165, 1.54) is 6.92 Å². The number of esters is 1. The van der Waals surface area contributed by atoms with Crippen LogP contribution in [-0.2, 0) is 19.0 Å². The predicted octanol–water partition coefficient (Wildman–Crippen LogP) is 2.02. The largest absolute Gasteiger partial charge is 0.466 e. The first-order valence-corrected chi connectivity index (χ1v) is 5.47. The van der Waals surface area contributed by atoms with Crippen LogP contribution in [0.3, 0.4) is 0 Å². The third kappa shape index (κ3) is 24.7. The minimum atomic E-state index is -0.193. The zero-order chi connectivity index (χ0) is 11.9. The van der Waals surface area contributed by atoms with Gasteiger partial charge in [0, 0.05) is 20.1 Å². The molecule has 0 aliphatic rings. The van der Waals surface area contributed by atoms with Gasteiger partial charge in [-0.3, -0.25) is 4.79 Å². The van der Waals surface area contributed by atoms with Gasteiger partial charge in [0.15, 0.2) is 0 Å². The molecule has 4 heteroatoms. The molecule has 0 spiro atoms. The molecule has 0 atom stereocenters. The van der Waals surface area contributed by atoms with Gasteiger partial charge in [0.1, 0.15) is 0 Å². The van der Waals surface area contributed by atoms with Gasteiger partial charge in [-0.05, 0) is 20.3 Å². The second-order valence-electron chi connectivity index (χ2n) is 2.73. The van der Waals surface area contributed by atoms with Crippen LogP contribution in [0.4, 0.5) is 0 Å². The van der Waals surface area contributed by atoms with Crippen LogP contribution in [0.1, 0.15) is 34.1 Å². The van der Waals surface area contributed by atoms with E-state index in [2.05, 4.69) is 4.74 Å². The number of rotatable bonds is 7. The van der Waals surface area contributed by atoms with Crippen LogP contribution >= 0.6 is 0 Å². The standard InChI is InChI=1S/C6H14O2.C5H10O2/c1-3-7-5-6-8-4-2;1-3-4-7-5(2)6/h3-6H2,1-2H3;3-4H2,1-2H3. The first-order valence-electron chi connectivity index (χ1n) is 5.47. The van der Waals surface area contributed by atoms with Crippen molar-refractivity contribution in [2.24, 2.45) is 0 Å². The van der Waals surface area contributed by atoms with Crippen LogP contribution in [0.15, 0.2) is 0 Å². The first kappa shape index (κ1) is 16.8. The van der Waals surface area contributed by atoms with Crippen molar-refractivity contribution in [1.82, 2.24) is 0 Å². The molecule has 0 N–H and O–H groups in total. The molecular formula is C11H24O4. The second kappa shape index (κ2) is 15.8. The summed E-state index contributed by atoms with van der Waals surface area (Å²) < 4.78 is 14.6. The van der Waals surface area contributed by atoms with Crippen LogP contribution in [-0.4, -0.2) is 39.0 Å². The lowest BCUT2D eigenvalue weighted by molar-refractivity contribution is -0.140. The van der Waals surface area contributed by atoms with Gasteiger partial charge in [-0.15, -0.1) is 0 Å². The fourth-order valence-electron chi connectivity index (χ4n) is 0.652. The summed E-state index contributed by atoms with van der Waals surface area (Å²) in [5, 5.41) is 0. The third-order valence-corrected chi connectivity index (χ3v) is 1.29. The monoisotopic (exact) mass is 220 g/mol. The summed E-state index contributed by atoms with van der Waals surface area (Å²) in [6, 6.07) is 0. The molecule has 15 heavy (non-hydrogen) atoms. The molecule has 0 bridgehead atoms. The fraction of sp³-hybridized carbons (Fsp3) is 0.909. The zero-order valence-electron chi connectivity index (χ0n) is 10.4. The van der Waals surface area contributed by atoms with Crippen LogP contribution in [0, 0.1) is 0 Å². The van der Waals surface area contributed by atoms with Crippen LogP contribution in [0.25, 0.3) is 0 Å². The van der Waals surface area contributed by atoms with Crippen LogP contribution < -0.4 is 0 Å². The number of hydrogen-bond donors (Lipinski definition) is 0. The zero-order valence-corrected chi connectivity index (χ0v) is 10.4. The van der Waals surface area contributed by atoms with Gasteiger partial charge in [0.2, 0.25) is 0 Å². The molecule has 0 aromatic rings. The summed E-state index contributed by atoms with van der Waals surface area (Å²) in [6.07, 6.45) is 0.902. The third-order valence-electron chi connectivity index (χ3n) is 1.29. The molecule has 0 radical (unpaired) electrons. The first-order chi connectivity index (χ1) is 7.18. The topological polar surface area (TPSA) is 44.8 Å². The number of hydrogen-bond acceptors (Lipinski definition) is 4. The minimum absolute atomic E-state index is 0.193. The number of carbonyl (C=O) groups excluding carboxylic acids is 1. The molecule has 0 aromatic carbocycles. The lowest BCUT2D eigenvalue weighted by Crippen LogP contribution is -2.02. The van der Waals surface area contributed by atoms with Crippen molar-refractivity contribution in [1.29, 1.82) is 0 Å². The van der Waals surface area contributed by atoms with E-state index < -0.39 is 0 Å². The minimum Gasteiger partial charge on any atom is -0.466 e. The Morgan fingerprint density at radius 3 is 1.60 bits per heavy atom. The predicted molar refractivity (Wildman–Crippen MR) is 59.9 cm³/mol. The van der Waals surface area contributed by atoms with E-state index in [1.807, 2.05) is 20.8 Å². The SMILES string of the molecule is CCCOC(C)=O.CCOCCOCC. The molecule has 0 unspecified atom stereocenters. The van der Waals surface area contributed by atoms with E-state index in [9.17, 15) is 4.79 Å². The Hall–Kier alpha value is -0.610. The molecule has 0 saturated carbocycles. The van der Waals surface area contributed by atoms with Crippen LogP contribution in [0.2, 0.25) is 0 Å². The molecule has 0 amide bonds. The lowest BCUT2D eigenvalue weighted by atomic mass is 10.5. The molecule has 0 aromatic heterocycles. The van der Waals surface area contributed by atoms with Gasteiger partial charge in [0.05, 0.1) is 19.8 Å². The molecule has 0 rings (SSSR count). The van der Waals surface area contributed by atoms with E-state index in [0.29, 0.717) is 6.61 Å². The average molecular weight is 220 g/mol. The molecule has 0 fully saturated rings. The summed E-state index contributed by atoms with van der Waals surface area (Å²) in [7, 11) is 0. The van der Waals surface area contributed by atoms with Gasteiger partial charge >= 0.3 is 5.97 Å². The summed E-state index contributed by atoms with van der Waals surface area (Å²) in [4.78, 5) is 9.98. The van der Waals surface area contributed by atoms with Crippen molar-refractivity contribution in [2.75, 3.05) is 33.0 Å². The maximum atomic E-state index is 9.98. The van der Waals surface area contributed by atoms with Crippen molar-refractivity contribution >= 4 is 5.97 Å². The maximum absolute atomic E-state index is 9.98. The van der Waals surface area contributed by atoms with Crippen molar-refractivity contribution < 1.29 is 19.0 Å². The summed E-state index contributed by atoms with van der Waals surface area (Å²) >= 11 is 0. The lowest BCUT2D eigenvalue weighted by Gasteiger charge is -1.99. The Morgan fingerprint density at radius 2 is 1.40 bits per heavy atom. The Morgan fingerprint density at radius 1 is 0.933 bits per heavy atom. The second-order valence-corrected chi connectivity index (χ2v) is 2.73. The Labute approximate surface area is 92.9 Å². The number of ether oxygens (including phenoxy) is 3. The van der Waals surface area contributed by atoms with Crippen molar-refractivity contribution in [3.05, 3.63) is 0 Å². The van der Waals surface area contributed by atoms with Gasteiger partial charge < -0.3 is 14.2 Å². The van der Waals surface area contributed by atoms with E-state index in [-0.39, 0.29) is 5.97 Å². The van der Waals surface area contributed by atoms with E-state index >= 15 is 0 Å². The molecule has 0 aliphatic carbocycles. The van der Waals surface area contributed by atoms with Crippen molar-refractivity contribution in [3.63, 3.8) is 0 Å². The number of carbonyl (C=O) groups is 1. The van der Waals surface area contributed by atoms with Crippen LogP contribution in [0.5, 0.6) is 0 Å². The highest BCUT2D eigenvalue weighted by Crippen LogP contribution is 1.78. The van der Waals surface area contributed by atoms with Gasteiger partial charge in [-0.25, -0.2) is 0 Å². The van der Waals surface area contributed by atoms with E-state index in [0.717, 1.165) is 32.8 Å². The molecule has 0 heterocycles. The van der Waals surface area contributed by atoms with E-state index in [4.69, 9.17) is 9.47 Å². The highest BCUT2D eigenvalue weighted by atomic mass is 16.5. The smallest absolute Gasteiger partial charge is 0.302 e. The highest BCUT2D eigenvalue weighted by molar-refractivity contribution is 5.65. The Kier molecular flexibility index (Phi) is 17.8. The molecule has 4 nitrogen and oxygen atoms in total. The van der Waals surface area contributed by atoms with Gasteiger partial charge in [0.25, 0.3) is 0 Å². The average Bonchev–Trinajstić information content (AvgIpc) is 2.22. The summed E-state index contributed by atoms with van der Waals surface area (Å²) in [6.45, 7) is 10.9. The Balaban J connectivity index is 0. The molecule has 0 saturated heterocycles. The fourth-order valence-corrected chi connectivity index (χ4v) is 0.652. The van der Waals surface area contributed by atoms with Crippen molar-refractivity contribution in [3.8, 4) is 0 Å². The normalized spacial score (nSPS) is 9.07. The molecular weight excluding hydrogens is 196 g/mol. The van der Waals surface area contributed by atoms with Gasteiger partial charge in [-0.1, -0.05) is 6.92 Å². The van der Waals surface area contributed by atoms with Crippen molar-refractivity contribution in [2.45, 2.75) is 34.1 Å². The van der Waals surface area contributed by atoms with E-state index in [1.54, 1.807) is 0 Å².